The van der Waals surface area contributed by atoms with Crippen molar-refractivity contribution in [1.82, 2.24) is 16.0 Å². The van der Waals surface area contributed by atoms with E-state index in [0.717, 1.165) is 6.42 Å². The number of hydrogen-bond acceptors (Lipinski definition) is 6. The van der Waals surface area contributed by atoms with Crippen LogP contribution in [0.15, 0.2) is 0 Å². The van der Waals surface area contributed by atoms with Crippen molar-refractivity contribution in [3.63, 3.8) is 0 Å². The van der Waals surface area contributed by atoms with Crippen LogP contribution in [0, 0.1) is 11.8 Å². The van der Waals surface area contributed by atoms with Crippen LogP contribution < -0.4 is 21.7 Å². The standard InChI is InChI=1S/C16H30N4O5S/c1-5-9(4)12(17)15(24)20-13(8(2)3)16(25)19-10(7-26)14(23)18-6-11(21)22/h8-10,12-13,26H,5-7,17H2,1-4H3,(H,18,23)(H,19,25)(H,20,24)(H,21,22). The highest BCUT2D eigenvalue weighted by atomic mass is 32.1. The molecule has 0 aliphatic rings. The van der Waals surface area contributed by atoms with E-state index < -0.39 is 48.4 Å². The van der Waals surface area contributed by atoms with Crippen LogP contribution in [0.1, 0.15) is 34.1 Å². The van der Waals surface area contributed by atoms with E-state index in [0.29, 0.717) is 0 Å². The molecule has 0 heterocycles. The van der Waals surface area contributed by atoms with E-state index in [9.17, 15) is 19.2 Å². The lowest BCUT2D eigenvalue weighted by Gasteiger charge is -2.26. The maximum Gasteiger partial charge on any atom is 0.322 e. The lowest BCUT2D eigenvalue weighted by molar-refractivity contribution is -0.138. The first-order valence-corrected chi connectivity index (χ1v) is 9.14. The maximum absolute atomic E-state index is 12.5. The summed E-state index contributed by atoms with van der Waals surface area (Å²) < 4.78 is 0. The molecule has 3 amide bonds. The van der Waals surface area contributed by atoms with Gasteiger partial charge in [-0.05, 0) is 11.8 Å². The van der Waals surface area contributed by atoms with Crippen molar-refractivity contribution in [2.45, 2.75) is 52.2 Å². The molecule has 0 aliphatic carbocycles. The molecule has 0 aromatic rings. The minimum absolute atomic E-state index is 0.0255. The summed E-state index contributed by atoms with van der Waals surface area (Å²) in [6, 6.07) is -2.65. The van der Waals surface area contributed by atoms with Gasteiger partial charge in [0, 0.05) is 5.75 Å². The Morgan fingerprint density at radius 2 is 1.62 bits per heavy atom. The molecule has 9 nitrogen and oxygen atoms in total. The monoisotopic (exact) mass is 390 g/mol. The number of thiol groups is 1. The predicted molar refractivity (Wildman–Crippen MR) is 101 cm³/mol. The van der Waals surface area contributed by atoms with Crippen molar-refractivity contribution in [2.75, 3.05) is 12.3 Å². The molecule has 0 aromatic carbocycles. The first kappa shape index (κ1) is 24.2. The van der Waals surface area contributed by atoms with Crippen LogP contribution in [0.4, 0.5) is 0 Å². The van der Waals surface area contributed by atoms with Crippen LogP contribution in [-0.4, -0.2) is 59.2 Å². The fourth-order valence-corrected chi connectivity index (χ4v) is 2.30. The molecule has 0 bridgehead atoms. The molecular weight excluding hydrogens is 360 g/mol. The van der Waals surface area contributed by atoms with Gasteiger partial charge in [0.05, 0.1) is 6.04 Å². The average molecular weight is 391 g/mol. The molecule has 0 saturated heterocycles. The Bertz CT molecular complexity index is 515. The van der Waals surface area contributed by atoms with Crippen LogP contribution in [0.2, 0.25) is 0 Å². The summed E-state index contributed by atoms with van der Waals surface area (Å²) in [7, 11) is 0. The zero-order valence-electron chi connectivity index (χ0n) is 15.6. The topological polar surface area (TPSA) is 151 Å². The lowest BCUT2D eigenvalue weighted by atomic mass is 9.97. The quantitative estimate of drug-likeness (QED) is 0.252. The third-order valence-electron chi connectivity index (χ3n) is 4.04. The summed E-state index contributed by atoms with van der Waals surface area (Å²) in [6.45, 7) is 6.70. The molecule has 0 rings (SSSR count). The fraction of sp³-hybridized carbons (Fsp3) is 0.750. The number of carboxylic acid groups (broad SMARTS) is 1. The highest BCUT2D eigenvalue weighted by Gasteiger charge is 2.30. The van der Waals surface area contributed by atoms with Gasteiger partial charge in [0.25, 0.3) is 0 Å². The van der Waals surface area contributed by atoms with E-state index in [1.165, 1.54) is 0 Å². The molecule has 0 fully saturated rings. The number of nitrogens with two attached hydrogens (primary N) is 1. The van der Waals surface area contributed by atoms with Crippen LogP contribution in [-0.2, 0) is 19.2 Å². The Morgan fingerprint density at radius 3 is 2.04 bits per heavy atom. The summed E-state index contributed by atoms with van der Waals surface area (Å²) >= 11 is 4.01. The highest BCUT2D eigenvalue weighted by Crippen LogP contribution is 2.08. The third kappa shape index (κ3) is 8.05. The van der Waals surface area contributed by atoms with Gasteiger partial charge >= 0.3 is 5.97 Å². The van der Waals surface area contributed by atoms with Gasteiger partial charge < -0.3 is 26.8 Å². The van der Waals surface area contributed by atoms with E-state index in [2.05, 4.69) is 28.6 Å². The number of rotatable bonds is 11. The predicted octanol–water partition coefficient (Wildman–Crippen LogP) is -0.884. The number of carboxylic acids is 1. The summed E-state index contributed by atoms with van der Waals surface area (Å²) in [5, 5.41) is 15.9. The van der Waals surface area contributed by atoms with E-state index in [1.54, 1.807) is 13.8 Å². The van der Waals surface area contributed by atoms with Crippen LogP contribution in [0.3, 0.4) is 0 Å². The van der Waals surface area contributed by atoms with Gasteiger partial charge in [0.1, 0.15) is 18.6 Å². The van der Waals surface area contributed by atoms with Crippen LogP contribution in [0.5, 0.6) is 0 Å². The Kier molecular flexibility index (Phi) is 10.9. The molecule has 6 N–H and O–H groups in total. The summed E-state index contributed by atoms with van der Waals surface area (Å²) in [5.41, 5.74) is 5.89. The molecule has 0 radical (unpaired) electrons. The van der Waals surface area contributed by atoms with Crippen LogP contribution >= 0.6 is 12.6 Å². The zero-order chi connectivity index (χ0) is 20.4. The molecule has 0 spiro atoms. The molecule has 0 saturated carbocycles. The number of amides is 3. The zero-order valence-corrected chi connectivity index (χ0v) is 16.5. The number of hydrogen-bond donors (Lipinski definition) is 6. The van der Waals surface area contributed by atoms with Crippen molar-refractivity contribution in [1.29, 1.82) is 0 Å². The second-order valence-electron chi connectivity index (χ2n) is 6.50. The van der Waals surface area contributed by atoms with Crippen molar-refractivity contribution in [3.8, 4) is 0 Å². The highest BCUT2D eigenvalue weighted by molar-refractivity contribution is 7.80. The number of carbonyl (C=O) groups is 4. The largest absolute Gasteiger partial charge is 0.480 e. The van der Waals surface area contributed by atoms with Gasteiger partial charge in [-0.2, -0.15) is 12.6 Å². The van der Waals surface area contributed by atoms with Gasteiger partial charge in [-0.1, -0.05) is 34.1 Å². The first-order chi connectivity index (χ1) is 12.0. The Morgan fingerprint density at radius 1 is 1.04 bits per heavy atom. The van der Waals surface area contributed by atoms with Gasteiger partial charge in [-0.15, -0.1) is 0 Å². The van der Waals surface area contributed by atoms with Crippen molar-refractivity contribution in [2.24, 2.45) is 17.6 Å². The fourth-order valence-electron chi connectivity index (χ4n) is 2.04. The minimum atomic E-state index is -1.20. The first-order valence-electron chi connectivity index (χ1n) is 8.51. The van der Waals surface area contributed by atoms with Crippen molar-refractivity contribution in [3.05, 3.63) is 0 Å². The van der Waals surface area contributed by atoms with Gasteiger partial charge in [-0.25, -0.2) is 0 Å². The van der Waals surface area contributed by atoms with Gasteiger partial charge in [0.2, 0.25) is 17.7 Å². The third-order valence-corrected chi connectivity index (χ3v) is 4.40. The lowest BCUT2D eigenvalue weighted by Crippen LogP contribution is -2.58. The van der Waals surface area contributed by atoms with E-state index in [-0.39, 0.29) is 17.6 Å². The molecule has 26 heavy (non-hydrogen) atoms. The molecule has 0 aliphatic heterocycles. The minimum Gasteiger partial charge on any atom is -0.480 e. The molecule has 150 valence electrons. The smallest absolute Gasteiger partial charge is 0.322 e. The molecular formula is C16H30N4O5S. The second-order valence-corrected chi connectivity index (χ2v) is 6.86. The Labute approximate surface area is 159 Å². The normalized spacial score (nSPS) is 15.5. The Balaban J connectivity index is 4.97. The van der Waals surface area contributed by atoms with Crippen LogP contribution in [0.25, 0.3) is 0 Å². The van der Waals surface area contributed by atoms with E-state index >= 15 is 0 Å². The average Bonchev–Trinajstić information content (AvgIpc) is 2.59. The van der Waals surface area contributed by atoms with Crippen molar-refractivity contribution >= 4 is 36.3 Å². The number of aliphatic carboxylic acids is 1. The molecule has 4 unspecified atom stereocenters. The molecule has 0 aromatic heterocycles. The second kappa shape index (κ2) is 11.7. The van der Waals surface area contributed by atoms with E-state index in [4.69, 9.17) is 10.8 Å². The van der Waals surface area contributed by atoms with Crippen molar-refractivity contribution < 1.29 is 24.3 Å². The molecule has 10 heteroatoms. The van der Waals surface area contributed by atoms with Gasteiger partial charge in [-0.3, -0.25) is 19.2 Å². The molecule has 4 atom stereocenters. The van der Waals surface area contributed by atoms with Gasteiger partial charge in [0.15, 0.2) is 0 Å². The summed E-state index contributed by atoms with van der Waals surface area (Å²) in [5.74, 6) is -3.18. The Hall–Kier alpha value is -1.81. The number of nitrogens with one attached hydrogen (secondary N) is 3. The number of carbonyl (C=O) groups excluding carboxylic acids is 3. The maximum atomic E-state index is 12.5. The summed E-state index contributed by atoms with van der Waals surface area (Å²) in [6.07, 6.45) is 0.721. The SMILES string of the molecule is CCC(C)C(N)C(=O)NC(C(=O)NC(CS)C(=O)NCC(=O)O)C(C)C. The van der Waals surface area contributed by atoms with E-state index in [1.807, 2.05) is 13.8 Å². The summed E-state index contributed by atoms with van der Waals surface area (Å²) in [4.78, 5) is 47.2.